The maximum atomic E-state index is 4.37. The minimum Gasteiger partial charge on any atom is -0.315 e. The van der Waals surface area contributed by atoms with Crippen LogP contribution in [-0.2, 0) is 0 Å². The Morgan fingerprint density at radius 2 is 2.13 bits per heavy atom. The molecule has 0 radical (unpaired) electrons. The molecule has 82 valence electrons. The Kier molecular flexibility index (Phi) is 2.24. The highest BCUT2D eigenvalue weighted by molar-refractivity contribution is 5.07. The number of aryl methyl sites for hydroxylation is 1. The van der Waals surface area contributed by atoms with Crippen molar-refractivity contribution in [2.24, 2.45) is 0 Å². The first kappa shape index (κ1) is 9.33. The van der Waals surface area contributed by atoms with Crippen molar-refractivity contribution in [2.75, 3.05) is 13.1 Å². The highest BCUT2D eigenvalue weighted by Crippen LogP contribution is 2.37. The zero-order valence-electron chi connectivity index (χ0n) is 9.24. The Morgan fingerprint density at radius 1 is 1.27 bits per heavy atom. The molecule has 2 heterocycles. The molecule has 1 unspecified atom stereocenters. The Hall–Kier alpha value is -0.900. The molecule has 15 heavy (non-hydrogen) atoms. The van der Waals surface area contributed by atoms with E-state index in [9.17, 15) is 0 Å². The Labute approximate surface area is 90.1 Å². The number of nitrogens with one attached hydrogen (secondary N) is 1. The van der Waals surface area contributed by atoms with Crippen LogP contribution in [0.4, 0.5) is 0 Å². The van der Waals surface area contributed by atoms with Crippen molar-refractivity contribution in [3.8, 4) is 0 Å². The summed E-state index contributed by atoms with van der Waals surface area (Å²) in [6.07, 6.45) is 5.19. The van der Waals surface area contributed by atoms with E-state index in [4.69, 9.17) is 0 Å². The average molecular weight is 206 g/mol. The highest BCUT2D eigenvalue weighted by Gasteiger charge is 2.29. The summed E-state index contributed by atoms with van der Waals surface area (Å²) >= 11 is 0. The molecule has 0 amide bonds. The van der Waals surface area contributed by atoms with Crippen molar-refractivity contribution in [1.29, 1.82) is 0 Å². The van der Waals surface area contributed by atoms with Gasteiger partial charge in [-0.1, -0.05) is 6.42 Å². The summed E-state index contributed by atoms with van der Waals surface area (Å²) in [7, 11) is 0. The second-order valence-electron chi connectivity index (χ2n) is 4.75. The highest BCUT2D eigenvalue weighted by atomic mass is 15.3. The van der Waals surface area contributed by atoms with E-state index in [-0.39, 0.29) is 0 Å². The molecular weight excluding hydrogens is 188 g/mol. The van der Waals surface area contributed by atoms with Gasteiger partial charge in [-0.05, 0) is 32.7 Å². The minimum absolute atomic E-state index is 0.593. The maximum absolute atomic E-state index is 4.37. The van der Waals surface area contributed by atoms with Crippen LogP contribution >= 0.6 is 0 Å². The molecular formula is C11H18N4. The first-order chi connectivity index (χ1) is 7.36. The van der Waals surface area contributed by atoms with Gasteiger partial charge in [0, 0.05) is 12.5 Å². The van der Waals surface area contributed by atoms with Crippen molar-refractivity contribution >= 4 is 0 Å². The van der Waals surface area contributed by atoms with E-state index in [0.29, 0.717) is 12.0 Å². The fourth-order valence-corrected chi connectivity index (χ4v) is 2.64. The van der Waals surface area contributed by atoms with Crippen LogP contribution in [0.1, 0.15) is 49.3 Å². The zero-order valence-corrected chi connectivity index (χ0v) is 9.24. The van der Waals surface area contributed by atoms with Crippen molar-refractivity contribution in [3.05, 3.63) is 11.6 Å². The first-order valence-corrected chi connectivity index (χ1v) is 5.98. The standard InChI is InChI=1S/C11H18N4/c1-8-13-14-11(9-3-2-4-9)15(8)10-5-6-12-7-10/h9-10,12H,2-7H2,1H3. The smallest absolute Gasteiger partial charge is 0.136 e. The lowest BCUT2D eigenvalue weighted by Crippen LogP contribution is -2.21. The third kappa shape index (κ3) is 1.47. The summed E-state index contributed by atoms with van der Waals surface area (Å²) in [6, 6.07) is 0.593. The summed E-state index contributed by atoms with van der Waals surface area (Å²) in [5.74, 6) is 3.02. The molecule has 1 atom stereocenters. The Balaban J connectivity index is 1.92. The average Bonchev–Trinajstić information content (AvgIpc) is 2.72. The van der Waals surface area contributed by atoms with Gasteiger partial charge in [0.25, 0.3) is 0 Å². The molecule has 1 saturated heterocycles. The van der Waals surface area contributed by atoms with Gasteiger partial charge in [-0.15, -0.1) is 10.2 Å². The van der Waals surface area contributed by atoms with Crippen LogP contribution in [0.5, 0.6) is 0 Å². The number of rotatable bonds is 2. The monoisotopic (exact) mass is 206 g/mol. The molecule has 4 heteroatoms. The Morgan fingerprint density at radius 3 is 2.73 bits per heavy atom. The molecule has 1 aromatic heterocycles. The van der Waals surface area contributed by atoms with E-state index >= 15 is 0 Å². The Bertz CT molecular complexity index is 347. The molecule has 3 rings (SSSR count). The summed E-state index contributed by atoms with van der Waals surface area (Å²) in [4.78, 5) is 0. The van der Waals surface area contributed by atoms with Crippen LogP contribution in [0.2, 0.25) is 0 Å². The summed E-state index contributed by atoms with van der Waals surface area (Å²) < 4.78 is 2.38. The SMILES string of the molecule is Cc1nnc(C2CCC2)n1C1CCNC1. The van der Waals surface area contributed by atoms with Gasteiger partial charge in [-0.3, -0.25) is 0 Å². The van der Waals surface area contributed by atoms with Crippen LogP contribution in [0.25, 0.3) is 0 Å². The van der Waals surface area contributed by atoms with Crippen LogP contribution in [0.3, 0.4) is 0 Å². The van der Waals surface area contributed by atoms with Gasteiger partial charge in [0.15, 0.2) is 0 Å². The third-order valence-electron chi connectivity index (χ3n) is 3.76. The quantitative estimate of drug-likeness (QED) is 0.795. The van der Waals surface area contributed by atoms with Gasteiger partial charge in [-0.2, -0.15) is 0 Å². The van der Waals surface area contributed by atoms with E-state index in [1.807, 2.05) is 0 Å². The van der Waals surface area contributed by atoms with Gasteiger partial charge in [0.05, 0.1) is 6.04 Å². The van der Waals surface area contributed by atoms with Crippen molar-refractivity contribution in [1.82, 2.24) is 20.1 Å². The van der Waals surface area contributed by atoms with Gasteiger partial charge < -0.3 is 9.88 Å². The van der Waals surface area contributed by atoms with Crippen molar-refractivity contribution in [3.63, 3.8) is 0 Å². The molecule has 1 saturated carbocycles. The number of hydrogen-bond acceptors (Lipinski definition) is 3. The van der Waals surface area contributed by atoms with Gasteiger partial charge in [0.1, 0.15) is 11.6 Å². The van der Waals surface area contributed by atoms with Gasteiger partial charge >= 0.3 is 0 Å². The fraction of sp³-hybridized carbons (Fsp3) is 0.818. The molecule has 1 N–H and O–H groups in total. The molecule has 0 aromatic carbocycles. The lowest BCUT2D eigenvalue weighted by atomic mass is 9.84. The van der Waals surface area contributed by atoms with E-state index in [1.165, 1.54) is 31.5 Å². The summed E-state index contributed by atoms with van der Waals surface area (Å²) in [5, 5.41) is 12.0. The molecule has 2 fully saturated rings. The van der Waals surface area contributed by atoms with Crippen molar-refractivity contribution < 1.29 is 0 Å². The van der Waals surface area contributed by atoms with E-state index < -0.39 is 0 Å². The molecule has 1 aliphatic carbocycles. The fourth-order valence-electron chi connectivity index (χ4n) is 2.64. The number of aromatic nitrogens is 3. The normalized spacial score (nSPS) is 26.9. The molecule has 1 aliphatic heterocycles. The van der Waals surface area contributed by atoms with Crippen LogP contribution < -0.4 is 5.32 Å². The van der Waals surface area contributed by atoms with E-state index in [2.05, 4.69) is 27.0 Å². The topological polar surface area (TPSA) is 42.7 Å². The third-order valence-corrected chi connectivity index (χ3v) is 3.76. The van der Waals surface area contributed by atoms with Gasteiger partial charge in [0.2, 0.25) is 0 Å². The number of nitrogens with zero attached hydrogens (tertiary/aromatic N) is 3. The lowest BCUT2D eigenvalue weighted by Gasteiger charge is -2.27. The number of hydrogen-bond donors (Lipinski definition) is 1. The lowest BCUT2D eigenvalue weighted by molar-refractivity contribution is 0.371. The summed E-state index contributed by atoms with van der Waals surface area (Å²) in [5.41, 5.74) is 0. The molecule has 2 aliphatic rings. The molecule has 4 nitrogen and oxygen atoms in total. The molecule has 0 bridgehead atoms. The molecule has 1 aromatic rings. The summed E-state index contributed by atoms with van der Waals surface area (Å²) in [6.45, 7) is 4.29. The predicted octanol–water partition coefficient (Wildman–Crippen LogP) is 1.39. The zero-order chi connectivity index (χ0) is 10.3. The first-order valence-electron chi connectivity index (χ1n) is 5.98. The maximum Gasteiger partial charge on any atom is 0.136 e. The second-order valence-corrected chi connectivity index (χ2v) is 4.75. The van der Waals surface area contributed by atoms with Gasteiger partial charge in [-0.25, -0.2) is 0 Å². The second kappa shape index (κ2) is 3.59. The van der Waals surface area contributed by atoms with E-state index in [1.54, 1.807) is 0 Å². The van der Waals surface area contributed by atoms with Crippen LogP contribution in [0, 0.1) is 6.92 Å². The largest absolute Gasteiger partial charge is 0.315 e. The van der Waals surface area contributed by atoms with Crippen LogP contribution in [0.15, 0.2) is 0 Å². The van der Waals surface area contributed by atoms with E-state index in [0.717, 1.165) is 18.9 Å². The predicted molar refractivity (Wildman–Crippen MR) is 57.9 cm³/mol. The van der Waals surface area contributed by atoms with Crippen molar-refractivity contribution in [2.45, 2.75) is 44.6 Å². The van der Waals surface area contributed by atoms with Crippen LogP contribution in [-0.4, -0.2) is 27.9 Å². The molecule has 0 spiro atoms. The minimum atomic E-state index is 0.593.